The molecule has 2 N–H and O–H groups in total. The highest BCUT2D eigenvalue weighted by Crippen LogP contribution is 2.21. The number of fused-ring (bicyclic) bond motifs is 1. The van der Waals surface area contributed by atoms with Crippen LogP contribution in [0.2, 0.25) is 0 Å². The quantitative estimate of drug-likeness (QED) is 0.859. The lowest BCUT2D eigenvalue weighted by atomic mass is 10.1. The maximum atomic E-state index is 12.5. The Kier molecular flexibility index (Phi) is 4.27. The van der Waals surface area contributed by atoms with Crippen molar-refractivity contribution in [3.63, 3.8) is 0 Å². The fraction of sp³-hybridized carbons (Fsp3) is 0.294. The van der Waals surface area contributed by atoms with E-state index in [9.17, 15) is 9.59 Å². The van der Waals surface area contributed by atoms with Crippen LogP contribution in [0, 0.1) is 6.92 Å². The summed E-state index contributed by atoms with van der Waals surface area (Å²) in [6, 6.07) is 7.32. The maximum absolute atomic E-state index is 12.5. The highest BCUT2D eigenvalue weighted by molar-refractivity contribution is 5.95. The topological polar surface area (TPSA) is 83.6 Å². The number of nitrogens with zero attached hydrogens (tertiary/aromatic N) is 1. The molecule has 0 bridgehead atoms. The number of benzene rings is 1. The minimum atomic E-state index is -0.554. The van der Waals surface area contributed by atoms with Crippen LogP contribution < -0.4 is 11.3 Å². The van der Waals surface area contributed by atoms with E-state index in [-0.39, 0.29) is 5.56 Å². The van der Waals surface area contributed by atoms with Crippen molar-refractivity contribution < 1.29 is 14.3 Å². The van der Waals surface area contributed by atoms with E-state index < -0.39 is 12.2 Å². The van der Waals surface area contributed by atoms with Gasteiger partial charge < -0.3 is 19.8 Å². The Bertz CT molecular complexity index is 832. The van der Waals surface area contributed by atoms with Crippen LogP contribution in [-0.4, -0.2) is 30.0 Å². The average Bonchev–Trinajstić information content (AvgIpc) is 3.01. The molecule has 0 atom stereocenters. The van der Waals surface area contributed by atoms with Gasteiger partial charge in [0.15, 0.2) is 6.29 Å². The van der Waals surface area contributed by atoms with Crippen LogP contribution >= 0.6 is 0 Å². The van der Waals surface area contributed by atoms with Gasteiger partial charge in [-0.15, -0.1) is 0 Å². The minimum absolute atomic E-state index is 0.175. The van der Waals surface area contributed by atoms with Gasteiger partial charge in [-0.05, 0) is 30.2 Å². The molecule has 0 saturated carbocycles. The second kappa shape index (κ2) is 6.36. The number of aromatic nitrogens is 1. The molecule has 0 unspecified atom stereocenters. The predicted octanol–water partition coefficient (Wildman–Crippen LogP) is 1.18. The third kappa shape index (κ3) is 3.33. The minimum Gasteiger partial charge on any atom is -0.366 e. The summed E-state index contributed by atoms with van der Waals surface area (Å²) in [5.41, 5.74) is 7.44. The van der Waals surface area contributed by atoms with Gasteiger partial charge in [0.25, 0.3) is 5.56 Å². The standard InChI is InChI=1S/C17H18N2O4/c1-11-2-4-13-12(3-5-15(18)20)9-16(21)19(14(13)8-11)10-17-22-6-7-23-17/h2-5,8-9,17H,6-7,10H2,1H3,(H2,18,20)/b5-3+. The lowest BCUT2D eigenvalue weighted by molar-refractivity contribution is -0.113. The van der Waals surface area contributed by atoms with Gasteiger partial charge in [0.1, 0.15) is 0 Å². The highest BCUT2D eigenvalue weighted by atomic mass is 16.7. The molecule has 2 aromatic rings. The summed E-state index contributed by atoms with van der Waals surface area (Å²) < 4.78 is 12.5. The van der Waals surface area contributed by atoms with Crippen LogP contribution in [-0.2, 0) is 20.8 Å². The van der Waals surface area contributed by atoms with Crippen LogP contribution in [0.3, 0.4) is 0 Å². The molecule has 3 rings (SSSR count). The van der Waals surface area contributed by atoms with E-state index in [4.69, 9.17) is 15.2 Å². The third-order valence-electron chi connectivity index (χ3n) is 3.75. The van der Waals surface area contributed by atoms with E-state index in [0.29, 0.717) is 25.3 Å². The first-order chi connectivity index (χ1) is 11.0. The number of ether oxygens (including phenoxy) is 2. The van der Waals surface area contributed by atoms with Crippen LogP contribution in [0.1, 0.15) is 11.1 Å². The largest absolute Gasteiger partial charge is 0.366 e. The number of aryl methyl sites for hydroxylation is 1. The number of hydrogen-bond donors (Lipinski definition) is 1. The Morgan fingerprint density at radius 2 is 2.09 bits per heavy atom. The van der Waals surface area contributed by atoms with Gasteiger partial charge in [0.05, 0.1) is 25.3 Å². The molecule has 6 nitrogen and oxygen atoms in total. The Morgan fingerprint density at radius 1 is 1.35 bits per heavy atom. The number of nitrogens with two attached hydrogens (primary N) is 1. The first kappa shape index (κ1) is 15.5. The normalized spacial score (nSPS) is 15.7. The number of primary amides is 1. The number of hydrogen-bond acceptors (Lipinski definition) is 4. The summed E-state index contributed by atoms with van der Waals surface area (Å²) in [6.07, 6.45) is 2.40. The van der Waals surface area contributed by atoms with Gasteiger partial charge >= 0.3 is 0 Å². The number of carbonyl (C=O) groups is 1. The fourth-order valence-electron chi connectivity index (χ4n) is 2.68. The monoisotopic (exact) mass is 314 g/mol. The van der Waals surface area contributed by atoms with Crippen LogP contribution in [0.15, 0.2) is 35.1 Å². The van der Waals surface area contributed by atoms with Crippen molar-refractivity contribution >= 4 is 22.9 Å². The van der Waals surface area contributed by atoms with E-state index in [2.05, 4.69) is 0 Å². The second-order valence-corrected chi connectivity index (χ2v) is 5.48. The molecule has 120 valence electrons. The summed E-state index contributed by atoms with van der Waals surface area (Å²) in [7, 11) is 0. The number of amides is 1. The van der Waals surface area contributed by atoms with Crippen molar-refractivity contribution in [2.24, 2.45) is 5.73 Å². The first-order valence-electron chi connectivity index (χ1n) is 7.39. The van der Waals surface area contributed by atoms with E-state index >= 15 is 0 Å². The summed E-state index contributed by atoms with van der Waals surface area (Å²) in [5, 5.41) is 0.866. The molecule has 1 fully saturated rings. The zero-order valence-electron chi connectivity index (χ0n) is 12.8. The third-order valence-corrected chi connectivity index (χ3v) is 3.75. The fourth-order valence-corrected chi connectivity index (χ4v) is 2.68. The smallest absolute Gasteiger partial charge is 0.251 e. The summed E-state index contributed by atoms with van der Waals surface area (Å²) >= 11 is 0. The van der Waals surface area contributed by atoms with Gasteiger partial charge in [-0.3, -0.25) is 9.59 Å². The van der Waals surface area contributed by atoms with Crippen molar-refractivity contribution in [2.45, 2.75) is 19.8 Å². The van der Waals surface area contributed by atoms with Gasteiger partial charge in [-0.25, -0.2) is 0 Å². The molecule has 2 heterocycles. The lowest BCUT2D eigenvalue weighted by Gasteiger charge is -2.16. The van der Waals surface area contributed by atoms with Gasteiger partial charge in [0, 0.05) is 17.5 Å². The van der Waals surface area contributed by atoms with Crippen molar-refractivity contribution in [1.82, 2.24) is 4.57 Å². The molecule has 1 amide bonds. The zero-order chi connectivity index (χ0) is 16.4. The van der Waals surface area contributed by atoms with Gasteiger partial charge in [-0.2, -0.15) is 0 Å². The highest BCUT2D eigenvalue weighted by Gasteiger charge is 2.18. The molecule has 1 aromatic heterocycles. The predicted molar refractivity (Wildman–Crippen MR) is 86.9 cm³/mol. The SMILES string of the molecule is Cc1ccc2c(/C=C/C(N)=O)cc(=O)n(CC3OCCO3)c2c1. The maximum Gasteiger partial charge on any atom is 0.251 e. The van der Waals surface area contributed by atoms with Crippen LogP contribution in [0.4, 0.5) is 0 Å². The van der Waals surface area contributed by atoms with Crippen LogP contribution in [0.25, 0.3) is 17.0 Å². The zero-order valence-corrected chi connectivity index (χ0v) is 12.8. The molecule has 1 aromatic carbocycles. The summed E-state index contributed by atoms with van der Waals surface area (Å²) in [5.74, 6) is -0.554. The molecular weight excluding hydrogens is 296 g/mol. The van der Waals surface area contributed by atoms with E-state index in [1.807, 2.05) is 25.1 Å². The molecular formula is C17H18N2O4. The Labute approximate surface area is 133 Å². The number of pyridine rings is 1. The van der Waals surface area contributed by atoms with Crippen molar-refractivity contribution in [3.05, 3.63) is 51.8 Å². The Morgan fingerprint density at radius 3 is 2.78 bits per heavy atom. The van der Waals surface area contributed by atoms with Crippen LogP contribution in [0.5, 0.6) is 0 Å². The van der Waals surface area contributed by atoms with E-state index in [1.54, 1.807) is 10.6 Å². The molecule has 6 heteroatoms. The Balaban J connectivity index is 2.14. The van der Waals surface area contributed by atoms with Gasteiger partial charge in [-0.1, -0.05) is 12.1 Å². The summed E-state index contributed by atoms with van der Waals surface area (Å²) in [4.78, 5) is 23.5. The molecule has 1 saturated heterocycles. The second-order valence-electron chi connectivity index (χ2n) is 5.48. The molecule has 23 heavy (non-hydrogen) atoms. The molecule has 0 aliphatic carbocycles. The molecule has 1 aliphatic rings. The number of carbonyl (C=O) groups excluding carboxylic acids is 1. The first-order valence-corrected chi connectivity index (χ1v) is 7.39. The molecule has 0 radical (unpaired) electrons. The molecule has 0 spiro atoms. The lowest BCUT2D eigenvalue weighted by Crippen LogP contribution is -2.27. The molecule has 1 aliphatic heterocycles. The van der Waals surface area contributed by atoms with E-state index in [0.717, 1.165) is 16.5 Å². The summed E-state index contributed by atoms with van der Waals surface area (Å²) in [6.45, 7) is 3.37. The van der Waals surface area contributed by atoms with Gasteiger partial charge in [0.2, 0.25) is 5.91 Å². The van der Waals surface area contributed by atoms with Crippen molar-refractivity contribution in [1.29, 1.82) is 0 Å². The van der Waals surface area contributed by atoms with E-state index in [1.165, 1.54) is 12.1 Å². The average molecular weight is 314 g/mol. The van der Waals surface area contributed by atoms with Crippen molar-refractivity contribution in [2.75, 3.05) is 13.2 Å². The Hall–Kier alpha value is -2.44. The van der Waals surface area contributed by atoms with Crippen molar-refractivity contribution in [3.8, 4) is 0 Å². The number of rotatable bonds is 4.